The smallest absolute Gasteiger partial charge is 0.0820 e. The van der Waals surface area contributed by atoms with E-state index >= 15 is 0 Å². The van der Waals surface area contributed by atoms with Crippen molar-refractivity contribution in [2.75, 3.05) is 4.90 Å². The summed E-state index contributed by atoms with van der Waals surface area (Å²) in [5, 5.41) is 1.33. The highest BCUT2D eigenvalue weighted by Gasteiger charge is 2.54. The summed E-state index contributed by atoms with van der Waals surface area (Å²) in [4.78, 5) is 3.94. The molecule has 0 N–H and O–H groups in total. The molecule has 0 aliphatic heterocycles. The molecule has 15 rings (SSSR count). The monoisotopic (exact) mass is 853 g/mol. The molecule has 2 spiro atoms. The summed E-state index contributed by atoms with van der Waals surface area (Å²) in [5.41, 5.74) is 24.9. The molecule has 0 atom stereocenters. The zero-order valence-corrected chi connectivity index (χ0v) is 36.7. The van der Waals surface area contributed by atoms with Crippen molar-refractivity contribution in [1.29, 1.82) is 0 Å². The molecule has 10 aromatic carbocycles. The van der Waals surface area contributed by atoms with Crippen molar-refractivity contribution >= 4 is 38.5 Å². The average molecular weight is 854 g/mol. The van der Waals surface area contributed by atoms with Gasteiger partial charge in [-0.05, 0) is 131 Å². The minimum atomic E-state index is -0.457. The third kappa shape index (κ3) is 4.49. The fourth-order valence-electron chi connectivity index (χ4n) is 12.8. The van der Waals surface area contributed by atoms with Crippen LogP contribution in [0.3, 0.4) is 0 Å². The number of hydrogen-bond acceptors (Lipinski definition) is 2. The minimum absolute atomic E-state index is 0.452. The predicted molar refractivity (Wildman–Crippen MR) is 275 cm³/mol. The lowest BCUT2D eigenvalue weighted by molar-refractivity contribution is 0.793. The van der Waals surface area contributed by atoms with E-state index in [-0.39, 0.29) is 0 Å². The van der Waals surface area contributed by atoms with Crippen LogP contribution in [0, 0.1) is 0 Å². The van der Waals surface area contributed by atoms with Crippen molar-refractivity contribution in [1.82, 2.24) is 0 Å². The number of rotatable bonds is 4. The highest BCUT2D eigenvalue weighted by Crippen LogP contribution is 2.67. The van der Waals surface area contributed by atoms with Crippen LogP contribution in [-0.4, -0.2) is 0 Å². The summed E-state index contributed by atoms with van der Waals surface area (Å²) >= 11 is 1.97. The molecule has 0 bridgehead atoms. The summed E-state index contributed by atoms with van der Waals surface area (Å²) in [7, 11) is 0. The predicted octanol–water partition coefficient (Wildman–Crippen LogP) is 16.7. The van der Waals surface area contributed by atoms with E-state index in [1.54, 1.807) is 0 Å². The molecule has 1 nitrogen and oxygen atoms in total. The van der Waals surface area contributed by atoms with Gasteiger partial charge in [0.1, 0.15) is 0 Å². The standard InChI is InChI=1S/C64H39NS/c1-2-16-40(17-3-1)41-30-32-42(33-31-41)65(43-34-36-50-49-22-6-12-26-55(49)63(58(50)38-43)53-24-10-4-18-45(53)46-19-5-11-25-54(46)63)44-35-37-51-59(39-44)64(62-61(51)52-23-9-15-29-60(52)66-62)56-27-13-7-20-47(56)48-21-8-14-28-57(48)64/h1-39H. The fourth-order valence-corrected chi connectivity index (χ4v) is 14.2. The second-order valence-electron chi connectivity index (χ2n) is 18.2. The highest BCUT2D eigenvalue weighted by atomic mass is 32.1. The van der Waals surface area contributed by atoms with Gasteiger partial charge in [-0.2, -0.15) is 0 Å². The van der Waals surface area contributed by atoms with E-state index in [0.717, 1.165) is 17.1 Å². The molecule has 66 heavy (non-hydrogen) atoms. The summed E-state index contributed by atoms with van der Waals surface area (Å²) < 4.78 is 1.33. The number of nitrogens with zero attached hydrogens (tertiary/aromatic N) is 1. The molecule has 1 aromatic heterocycles. The maximum absolute atomic E-state index is 2.54. The van der Waals surface area contributed by atoms with Crippen LogP contribution in [0.15, 0.2) is 237 Å². The van der Waals surface area contributed by atoms with Crippen LogP contribution in [0.5, 0.6) is 0 Å². The van der Waals surface area contributed by atoms with E-state index in [1.165, 1.54) is 110 Å². The Morgan fingerprint density at radius 2 is 0.682 bits per heavy atom. The minimum Gasteiger partial charge on any atom is -0.310 e. The lowest BCUT2D eigenvalue weighted by Gasteiger charge is -2.33. The van der Waals surface area contributed by atoms with Crippen molar-refractivity contribution in [3.8, 4) is 55.6 Å². The Labute approximate surface area is 388 Å². The van der Waals surface area contributed by atoms with E-state index < -0.39 is 10.8 Å². The van der Waals surface area contributed by atoms with Crippen LogP contribution in [0.1, 0.15) is 43.8 Å². The molecule has 0 amide bonds. The second kappa shape index (κ2) is 13.3. The molecule has 2 heteroatoms. The first-order valence-electron chi connectivity index (χ1n) is 23.0. The molecule has 0 radical (unpaired) electrons. The lowest BCUT2D eigenvalue weighted by Crippen LogP contribution is -2.26. The SMILES string of the molecule is c1ccc(-c2ccc(N(c3ccc4c(c3)C3(c5ccccc5-c5ccccc53)c3ccccc3-4)c3ccc4c(c3)C3(c5ccccc5-c5ccccc53)c3sc5ccccc5c3-4)cc2)cc1. The maximum Gasteiger partial charge on any atom is 0.0820 e. The van der Waals surface area contributed by atoms with Crippen molar-refractivity contribution in [2.24, 2.45) is 0 Å². The molecule has 0 saturated heterocycles. The molecular weight excluding hydrogens is 815 g/mol. The van der Waals surface area contributed by atoms with Crippen LogP contribution in [0.4, 0.5) is 17.1 Å². The Hall–Kier alpha value is -8.04. The Bertz CT molecular complexity index is 3730. The molecular formula is C64H39NS. The first kappa shape index (κ1) is 36.3. The van der Waals surface area contributed by atoms with Gasteiger partial charge < -0.3 is 4.90 Å². The maximum atomic E-state index is 2.54. The molecule has 4 aliphatic carbocycles. The van der Waals surface area contributed by atoms with Gasteiger partial charge in [-0.25, -0.2) is 0 Å². The molecule has 1 heterocycles. The Morgan fingerprint density at radius 1 is 0.288 bits per heavy atom. The first-order valence-corrected chi connectivity index (χ1v) is 23.8. The zero-order chi connectivity index (χ0) is 43.1. The van der Waals surface area contributed by atoms with Gasteiger partial charge >= 0.3 is 0 Å². The highest BCUT2D eigenvalue weighted by molar-refractivity contribution is 7.20. The quantitative estimate of drug-likeness (QED) is 0.170. The molecule has 0 unspecified atom stereocenters. The molecule has 0 saturated carbocycles. The molecule has 11 aromatic rings. The molecule has 4 aliphatic rings. The Morgan fingerprint density at radius 3 is 1.23 bits per heavy atom. The van der Waals surface area contributed by atoms with Gasteiger partial charge in [0.2, 0.25) is 0 Å². The Balaban J connectivity index is 1.01. The zero-order valence-electron chi connectivity index (χ0n) is 35.9. The van der Waals surface area contributed by atoms with Crippen LogP contribution in [0.2, 0.25) is 0 Å². The van der Waals surface area contributed by atoms with E-state index in [1.807, 2.05) is 11.3 Å². The summed E-state index contributed by atoms with van der Waals surface area (Å²) in [6.07, 6.45) is 0. The van der Waals surface area contributed by atoms with Gasteiger partial charge in [-0.15, -0.1) is 11.3 Å². The van der Waals surface area contributed by atoms with E-state index in [9.17, 15) is 0 Å². The van der Waals surface area contributed by atoms with E-state index in [4.69, 9.17) is 0 Å². The number of anilines is 3. The van der Waals surface area contributed by atoms with Crippen molar-refractivity contribution < 1.29 is 0 Å². The van der Waals surface area contributed by atoms with Gasteiger partial charge in [0.25, 0.3) is 0 Å². The fraction of sp³-hybridized carbons (Fsp3) is 0.0312. The van der Waals surface area contributed by atoms with Crippen LogP contribution >= 0.6 is 11.3 Å². The normalized spacial score (nSPS) is 14.3. The van der Waals surface area contributed by atoms with E-state index in [0.29, 0.717) is 0 Å². The second-order valence-corrected chi connectivity index (χ2v) is 19.3. The van der Waals surface area contributed by atoms with Crippen molar-refractivity contribution in [3.63, 3.8) is 0 Å². The number of fused-ring (bicyclic) bond motifs is 22. The van der Waals surface area contributed by atoms with E-state index in [2.05, 4.69) is 241 Å². The number of hydrogen-bond donors (Lipinski definition) is 0. The largest absolute Gasteiger partial charge is 0.310 e. The van der Waals surface area contributed by atoms with Crippen molar-refractivity contribution in [2.45, 2.75) is 10.8 Å². The van der Waals surface area contributed by atoms with Gasteiger partial charge in [0, 0.05) is 37.6 Å². The van der Waals surface area contributed by atoms with Gasteiger partial charge in [0.15, 0.2) is 0 Å². The number of thiophene rings is 1. The van der Waals surface area contributed by atoms with Crippen LogP contribution in [0.25, 0.3) is 65.7 Å². The van der Waals surface area contributed by atoms with Crippen LogP contribution < -0.4 is 4.90 Å². The summed E-state index contributed by atoms with van der Waals surface area (Å²) in [5.74, 6) is 0. The average Bonchev–Trinajstić information content (AvgIpc) is 4.15. The first-order chi connectivity index (χ1) is 32.7. The van der Waals surface area contributed by atoms with Crippen molar-refractivity contribution in [3.05, 3.63) is 280 Å². The Kier molecular flexibility index (Phi) is 7.30. The molecule has 0 fully saturated rings. The third-order valence-corrected chi connectivity index (χ3v) is 16.6. The lowest BCUT2D eigenvalue weighted by atomic mass is 9.70. The number of benzene rings is 10. The van der Waals surface area contributed by atoms with Gasteiger partial charge in [0.05, 0.1) is 10.8 Å². The van der Waals surface area contributed by atoms with Gasteiger partial charge in [-0.1, -0.05) is 194 Å². The third-order valence-electron chi connectivity index (χ3n) is 15.3. The topological polar surface area (TPSA) is 3.24 Å². The summed E-state index contributed by atoms with van der Waals surface area (Å²) in [6.45, 7) is 0. The molecule has 306 valence electrons. The van der Waals surface area contributed by atoms with Gasteiger partial charge in [-0.3, -0.25) is 0 Å². The van der Waals surface area contributed by atoms with Crippen LogP contribution in [-0.2, 0) is 10.8 Å². The summed E-state index contributed by atoms with van der Waals surface area (Å²) in [6, 6.07) is 89.2.